The maximum atomic E-state index is 12.9. The van der Waals surface area contributed by atoms with Crippen molar-refractivity contribution < 1.29 is 28.6 Å². The van der Waals surface area contributed by atoms with Crippen molar-refractivity contribution in [2.45, 2.75) is 316 Å². The van der Waals surface area contributed by atoms with Gasteiger partial charge in [0.15, 0.2) is 6.10 Å². The molecule has 0 aromatic carbocycles. The van der Waals surface area contributed by atoms with E-state index >= 15 is 0 Å². The SMILES string of the molecule is CC/C=C\C/C=C\C/C=C\C/C=C\C/C=C\C/C=C\CCCCCCC(=O)OCC(COC(=O)CCCCCCCCCCCCCCCCCCC)OC(=O)CCCCCCCCC/C=C\C/C=C\CCCCCC. The number of rotatable bonds is 58. The van der Waals surface area contributed by atoms with Crippen molar-refractivity contribution in [3.05, 3.63) is 97.2 Å². The van der Waals surface area contributed by atoms with Crippen LogP contribution in [0, 0.1) is 0 Å². The van der Waals surface area contributed by atoms with Gasteiger partial charge in [0.25, 0.3) is 0 Å². The largest absolute Gasteiger partial charge is 0.462 e. The predicted octanol–water partition coefficient (Wildman–Crippen LogP) is 22.0. The van der Waals surface area contributed by atoms with Crippen molar-refractivity contribution in [2.24, 2.45) is 0 Å². The van der Waals surface area contributed by atoms with Crippen molar-refractivity contribution >= 4 is 17.9 Å². The van der Waals surface area contributed by atoms with E-state index in [1.807, 2.05) is 0 Å². The molecule has 1 unspecified atom stereocenters. The number of carbonyl (C=O) groups excluding carboxylic acids is 3. The summed E-state index contributed by atoms with van der Waals surface area (Å²) in [5.74, 6) is -0.908. The third-order valence-corrected chi connectivity index (χ3v) is 13.8. The Morgan fingerprint density at radius 1 is 0.276 bits per heavy atom. The zero-order chi connectivity index (χ0) is 55.0. The number of esters is 3. The molecule has 0 aliphatic heterocycles. The first-order valence-electron chi connectivity index (χ1n) is 32.2. The molecule has 6 heteroatoms. The molecule has 436 valence electrons. The smallest absolute Gasteiger partial charge is 0.306 e. The number of hydrogen-bond acceptors (Lipinski definition) is 6. The molecule has 0 aliphatic carbocycles. The lowest BCUT2D eigenvalue weighted by Gasteiger charge is -2.18. The topological polar surface area (TPSA) is 78.9 Å². The Balaban J connectivity index is 4.44. The van der Waals surface area contributed by atoms with Crippen LogP contribution in [0.25, 0.3) is 0 Å². The normalized spacial score (nSPS) is 12.7. The van der Waals surface area contributed by atoms with E-state index in [1.54, 1.807) is 0 Å². The Hall–Kier alpha value is -3.67. The van der Waals surface area contributed by atoms with Crippen molar-refractivity contribution in [1.29, 1.82) is 0 Å². The Kier molecular flexibility index (Phi) is 60.8. The molecule has 76 heavy (non-hydrogen) atoms. The summed E-state index contributed by atoms with van der Waals surface area (Å²) in [5.41, 5.74) is 0. The van der Waals surface area contributed by atoms with Crippen LogP contribution in [0.4, 0.5) is 0 Å². The molecule has 0 N–H and O–H groups in total. The van der Waals surface area contributed by atoms with E-state index in [4.69, 9.17) is 14.2 Å². The first-order valence-corrected chi connectivity index (χ1v) is 32.2. The molecule has 0 aliphatic rings. The zero-order valence-corrected chi connectivity index (χ0v) is 50.0. The summed E-state index contributed by atoms with van der Waals surface area (Å²) in [6.45, 7) is 6.52. The lowest BCUT2D eigenvalue weighted by atomic mass is 10.0. The third-order valence-electron chi connectivity index (χ3n) is 13.8. The van der Waals surface area contributed by atoms with Gasteiger partial charge in [0.1, 0.15) is 13.2 Å². The van der Waals surface area contributed by atoms with Gasteiger partial charge in [-0.25, -0.2) is 0 Å². The van der Waals surface area contributed by atoms with Crippen molar-refractivity contribution in [3.8, 4) is 0 Å². The van der Waals surface area contributed by atoms with Crippen LogP contribution in [0.3, 0.4) is 0 Å². The van der Waals surface area contributed by atoms with Crippen molar-refractivity contribution in [2.75, 3.05) is 13.2 Å². The summed E-state index contributed by atoms with van der Waals surface area (Å²) in [5, 5.41) is 0. The highest BCUT2D eigenvalue weighted by atomic mass is 16.6. The summed E-state index contributed by atoms with van der Waals surface area (Å²) in [7, 11) is 0. The van der Waals surface area contributed by atoms with Gasteiger partial charge < -0.3 is 14.2 Å². The molecule has 0 spiro atoms. The molecular formula is C70H120O6. The number of unbranched alkanes of at least 4 members (excludes halogenated alkanes) is 31. The maximum Gasteiger partial charge on any atom is 0.306 e. The van der Waals surface area contributed by atoms with E-state index < -0.39 is 6.10 Å². The Morgan fingerprint density at radius 2 is 0.513 bits per heavy atom. The monoisotopic (exact) mass is 1060 g/mol. The van der Waals surface area contributed by atoms with Gasteiger partial charge in [-0.15, -0.1) is 0 Å². The molecule has 0 aromatic rings. The van der Waals surface area contributed by atoms with E-state index in [1.165, 1.54) is 148 Å². The highest BCUT2D eigenvalue weighted by Crippen LogP contribution is 2.16. The highest BCUT2D eigenvalue weighted by molar-refractivity contribution is 5.71. The number of allylic oxidation sites excluding steroid dienone is 16. The van der Waals surface area contributed by atoms with E-state index in [9.17, 15) is 14.4 Å². The minimum Gasteiger partial charge on any atom is -0.462 e. The van der Waals surface area contributed by atoms with Gasteiger partial charge in [-0.2, -0.15) is 0 Å². The van der Waals surface area contributed by atoms with Gasteiger partial charge in [0.2, 0.25) is 0 Å². The van der Waals surface area contributed by atoms with Crippen LogP contribution in [0.1, 0.15) is 310 Å². The van der Waals surface area contributed by atoms with Crippen LogP contribution >= 0.6 is 0 Å². The fourth-order valence-electron chi connectivity index (χ4n) is 9.01. The molecule has 0 saturated carbocycles. The third kappa shape index (κ3) is 61.2. The van der Waals surface area contributed by atoms with E-state index in [-0.39, 0.29) is 31.1 Å². The fraction of sp³-hybridized carbons (Fsp3) is 0.729. The molecule has 1 atom stereocenters. The first kappa shape index (κ1) is 72.3. The zero-order valence-electron chi connectivity index (χ0n) is 50.0. The molecule has 0 rings (SSSR count). The van der Waals surface area contributed by atoms with Crippen molar-refractivity contribution in [1.82, 2.24) is 0 Å². The molecule has 0 bridgehead atoms. The Labute approximate surface area is 470 Å². The second kappa shape index (κ2) is 63.9. The van der Waals surface area contributed by atoms with Gasteiger partial charge in [-0.05, 0) is 103 Å². The van der Waals surface area contributed by atoms with Crippen molar-refractivity contribution in [3.63, 3.8) is 0 Å². The summed E-state index contributed by atoms with van der Waals surface area (Å²) >= 11 is 0. The van der Waals surface area contributed by atoms with Crippen LogP contribution < -0.4 is 0 Å². The van der Waals surface area contributed by atoms with Crippen LogP contribution in [-0.2, 0) is 28.6 Å². The van der Waals surface area contributed by atoms with Gasteiger partial charge in [-0.1, -0.05) is 285 Å². The predicted molar refractivity (Wildman–Crippen MR) is 330 cm³/mol. The average Bonchev–Trinajstić information content (AvgIpc) is 3.42. The van der Waals surface area contributed by atoms with Gasteiger partial charge in [0, 0.05) is 19.3 Å². The number of carbonyl (C=O) groups is 3. The molecule has 0 radical (unpaired) electrons. The van der Waals surface area contributed by atoms with Crippen LogP contribution in [0.2, 0.25) is 0 Å². The van der Waals surface area contributed by atoms with Gasteiger partial charge >= 0.3 is 17.9 Å². The number of hydrogen-bond donors (Lipinski definition) is 0. The average molecular weight is 1060 g/mol. The highest BCUT2D eigenvalue weighted by Gasteiger charge is 2.19. The molecule has 0 heterocycles. The molecule has 0 aromatic heterocycles. The minimum absolute atomic E-state index is 0.0869. The molecule has 6 nitrogen and oxygen atoms in total. The minimum atomic E-state index is -0.794. The Bertz CT molecular complexity index is 1490. The Morgan fingerprint density at radius 3 is 0.816 bits per heavy atom. The summed E-state index contributed by atoms with van der Waals surface area (Å²) < 4.78 is 16.9. The standard InChI is InChI=1S/C70H120O6/c1-4-7-10-13-16-19-22-25-28-31-33-34-35-36-37-40-42-45-48-51-54-57-60-63-69(72)75-66-67(65-74-68(71)62-59-56-53-50-47-44-41-38-30-27-24-21-18-15-12-9-6-3)76-70(73)64-61-58-55-52-49-46-43-39-32-29-26-23-20-17-14-11-8-5-2/h7,10,16,19-20,23,25,28-29,32-34,36-37,42,45,67H,4-6,8-9,11-15,17-18,21-22,24,26-27,30-31,35,38-41,43-44,46-66H2,1-3H3/b10-7-,19-16-,23-20-,28-25-,32-29-,34-33-,37-36-,45-42-. The lowest BCUT2D eigenvalue weighted by molar-refractivity contribution is -0.167. The molecule has 0 fully saturated rings. The summed E-state index contributed by atoms with van der Waals surface area (Å²) in [6.07, 6.45) is 85.4. The summed E-state index contributed by atoms with van der Waals surface area (Å²) in [4.78, 5) is 38.4. The number of ether oxygens (including phenoxy) is 3. The van der Waals surface area contributed by atoms with E-state index in [2.05, 4.69) is 118 Å². The molecular weight excluding hydrogens is 937 g/mol. The van der Waals surface area contributed by atoms with Crippen LogP contribution in [-0.4, -0.2) is 37.2 Å². The second-order valence-corrected chi connectivity index (χ2v) is 21.3. The molecule has 0 saturated heterocycles. The van der Waals surface area contributed by atoms with E-state index in [0.717, 1.165) is 122 Å². The molecule has 0 amide bonds. The van der Waals surface area contributed by atoms with Gasteiger partial charge in [0.05, 0.1) is 0 Å². The summed E-state index contributed by atoms with van der Waals surface area (Å²) in [6, 6.07) is 0. The quantitative estimate of drug-likeness (QED) is 0.0261. The second-order valence-electron chi connectivity index (χ2n) is 21.3. The van der Waals surface area contributed by atoms with Gasteiger partial charge in [-0.3, -0.25) is 14.4 Å². The maximum absolute atomic E-state index is 12.9. The van der Waals surface area contributed by atoms with Crippen LogP contribution in [0.5, 0.6) is 0 Å². The fourth-order valence-corrected chi connectivity index (χ4v) is 9.01. The first-order chi connectivity index (χ1) is 37.5. The van der Waals surface area contributed by atoms with Crippen LogP contribution in [0.15, 0.2) is 97.2 Å². The van der Waals surface area contributed by atoms with E-state index in [0.29, 0.717) is 19.3 Å². The lowest BCUT2D eigenvalue weighted by Crippen LogP contribution is -2.30.